The highest BCUT2D eigenvalue weighted by Crippen LogP contribution is 2.31. The maximum absolute atomic E-state index is 12.4. The molecule has 0 aliphatic heterocycles. The summed E-state index contributed by atoms with van der Waals surface area (Å²) in [5, 5.41) is 12.5. The average Bonchev–Trinajstić information content (AvgIpc) is 3.16. The molecule has 0 spiro atoms. The zero-order valence-electron chi connectivity index (χ0n) is 14.4. The molecular formula is C18H22N4OS2. The van der Waals surface area contributed by atoms with Gasteiger partial charge in [-0.25, -0.2) is 0 Å². The number of hydrogen-bond acceptors (Lipinski definition) is 5. The Labute approximate surface area is 155 Å². The number of fused-ring (bicyclic) bond motifs is 3. The second-order valence-corrected chi connectivity index (χ2v) is 8.85. The van der Waals surface area contributed by atoms with Crippen molar-refractivity contribution in [1.82, 2.24) is 19.9 Å². The number of rotatable bonds is 4. The lowest BCUT2D eigenvalue weighted by Crippen LogP contribution is -2.44. The van der Waals surface area contributed by atoms with Crippen LogP contribution in [0.5, 0.6) is 0 Å². The molecule has 2 heterocycles. The van der Waals surface area contributed by atoms with Gasteiger partial charge < -0.3 is 5.32 Å². The van der Waals surface area contributed by atoms with Gasteiger partial charge in [0.1, 0.15) is 0 Å². The summed E-state index contributed by atoms with van der Waals surface area (Å²) in [6.07, 6.45) is 3.56. The number of amides is 1. The Morgan fingerprint density at radius 1 is 1.32 bits per heavy atom. The quantitative estimate of drug-likeness (QED) is 0.702. The molecule has 0 radical (unpaired) electrons. The number of benzene rings is 1. The third kappa shape index (κ3) is 3.27. The van der Waals surface area contributed by atoms with E-state index < -0.39 is 0 Å². The van der Waals surface area contributed by atoms with Crippen LogP contribution in [0.3, 0.4) is 0 Å². The van der Waals surface area contributed by atoms with Crippen LogP contribution >= 0.6 is 23.1 Å². The van der Waals surface area contributed by atoms with Gasteiger partial charge in [-0.3, -0.25) is 9.20 Å². The van der Waals surface area contributed by atoms with Gasteiger partial charge in [0.25, 0.3) is 0 Å². The van der Waals surface area contributed by atoms with Crippen molar-refractivity contribution in [3.63, 3.8) is 0 Å². The third-order valence-corrected chi connectivity index (χ3v) is 7.24. The molecule has 1 aromatic carbocycles. The fourth-order valence-corrected chi connectivity index (χ4v) is 5.39. The monoisotopic (exact) mass is 374 g/mol. The van der Waals surface area contributed by atoms with Gasteiger partial charge in [-0.2, -0.15) is 0 Å². The summed E-state index contributed by atoms with van der Waals surface area (Å²) in [6.45, 7) is 4.54. The first-order valence-corrected chi connectivity index (χ1v) is 10.6. The third-order valence-electron chi connectivity index (χ3n) is 5.30. The van der Waals surface area contributed by atoms with E-state index in [0.29, 0.717) is 23.6 Å². The molecule has 1 aliphatic carbocycles. The maximum Gasteiger partial charge on any atom is 0.230 e. The highest BCUT2D eigenvalue weighted by Gasteiger charge is 2.28. The lowest BCUT2D eigenvalue weighted by molar-refractivity contribution is -0.120. The summed E-state index contributed by atoms with van der Waals surface area (Å²) in [4.78, 5) is 13.3. The van der Waals surface area contributed by atoms with E-state index in [1.54, 1.807) is 11.3 Å². The number of para-hydroxylation sites is 1. The maximum atomic E-state index is 12.4. The van der Waals surface area contributed by atoms with Gasteiger partial charge in [0.15, 0.2) is 5.16 Å². The van der Waals surface area contributed by atoms with E-state index in [2.05, 4.69) is 41.5 Å². The van der Waals surface area contributed by atoms with Crippen LogP contribution in [-0.2, 0) is 4.79 Å². The molecule has 7 heteroatoms. The first-order chi connectivity index (χ1) is 12.1. The van der Waals surface area contributed by atoms with E-state index in [9.17, 15) is 4.79 Å². The predicted octanol–water partition coefficient (Wildman–Crippen LogP) is 3.98. The van der Waals surface area contributed by atoms with Crippen LogP contribution in [0.1, 0.15) is 33.1 Å². The van der Waals surface area contributed by atoms with Gasteiger partial charge in [0, 0.05) is 6.04 Å². The number of nitrogens with one attached hydrogen (secondary N) is 1. The number of nitrogens with zero attached hydrogens (tertiary/aromatic N) is 3. The van der Waals surface area contributed by atoms with Gasteiger partial charge >= 0.3 is 0 Å². The standard InChI is InChI=1S/C18H22N4OS2/c1-11-6-5-7-13(12(11)2)19-16(23)10-24-17-20-21-18-22(17)14-8-3-4-9-15(14)25-18/h3-4,8-9,11-13H,5-7,10H2,1-2H3,(H,19,23). The van der Waals surface area contributed by atoms with Crippen LogP contribution in [0.4, 0.5) is 0 Å². The first-order valence-electron chi connectivity index (χ1n) is 8.78. The molecule has 0 bridgehead atoms. The number of carbonyl (C=O) groups excluding carboxylic acids is 1. The average molecular weight is 375 g/mol. The van der Waals surface area contributed by atoms with Crippen molar-refractivity contribution >= 4 is 44.2 Å². The minimum atomic E-state index is 0.0900. The van der Waals surface area contributed by atoms with Crippen molar-refractivity contribution in [3.8, 4) is 0 Å². The Bertz CT molecular complexity index is 903. The molecular weight excluding hydrogens is 352 g/mol. The summed E-state index contributed by atoms with van der Waals surface area (Å²) in [5.41, 5.74) is 1.10. The molecule has 1 saturated carbocycles. The van der Waals surface area contributed by atoms with E-state index >= 15 is 0 Å². The molecule has 2 aromatic heterocycles. The second-order valence-electron chi connectivity index (χ2n) is 6.90. The van der Waals surface area contributed by atoms with Crippen molar-refractivity contribution in [2.24, 2.45) is 11.8 Å². The zero-order valence-corrected chi connectivity index (χ0v) is 16.1. The Balaban J connectivity index is 1.44. The van der Waals surface area contributed by atoms with E-state index in [0.717, 1.165) is 22.1 Å². The lowest BCUT2D eigenvalue weighted by Gasteiger charge is -2.34. The molecule has 3 unspecified atom stereocenters. The molecule has 132 valence electrons. The molecule has 1 fully saturated rings. The molecule has 1 aliphatic rings. The van der Waals surface area contributed by atoms with Crippen LogP contribution in [0, 0.1) is 11.8 Å². The van der Waals surface area contributed by atoms with Crippen LogP contribution in [0.25, 0.3) is 15.2 Å². The van der Waals surface area contributed by atoms with Gasteiger partial charge in [-0.1, -0.05) is 61.9 Å². The van der Waals surface area contributed by atoms with E-state index in [4.69, 9.17) is 0 Å². The zero-order chi connectivity index (χ0) is 17.4. The number of thiazole rings is 1. The van der Waals surface area contributed by atoms with Gasteiger partial charge in [-0.05, 0) is 30.4 Å². The summed E-state index contributed by atoms with van der Waals surface area (Å²) < 4.78 is 3.23. The summed E-state index contributed by atoms with van der Waals surface area (Å²) in [6, 6.07) is 8.50. The van der Waals surface area contributed by atoms with Crippen LogP contribution < -0.4 is 5.32 Å². The summed E-state index contributed by atoms with van der Waals surface area (Å²) in [7, 11) is 0. The molecule has 0 saturated heterocycles. The second kappa shape index (κ2) is 6.96. The van der Waals surface area contributed by atoms with Gasteiger partial charge in [0.2, 0.25) is 10.9 Å². The Morgan fingerprint density at radius 2 is 2.16 bits per heavy atom. The first kappa shape index (κ1) is 16.8. The molecule has 3 aromatic rings. The molecule has 1 amide bonds. The SMILES string of the molecule is CC1CCCC(NC(=O)CSc2nnc3sc4ccccc4n23)C1C. The van der Waals surface area contributed by atoms with Crippen molar-refractivity contribution < 1.29 is 4.79 Å². The van der Waals surface area contributed by atoms with E-state index in [-0.39, 0.29) is 5.91 Å². The molecule has 1 N–H and O–H groups in total. The van der Waals surface area contributed by atoms with Crippen LogP contribution in [-0.4, -0.2) is 32.3 Å². The largest absolute Gasteiger partial charge is 0.352 e. The number of thioether (sulfide) groups is 1. The number of carbonyl (C=O) groups is 1. The van der Waals surface area contributed by atoms with Gasteiger partial charge in [0.05, 0.1) is 16.0 Å². The normalized spacial score (nSPS) is 24.0. The smallest absolute Gasteiger partial charge is 0.230 e. The lowest BCUT2D eigenvalue weighted by atomic mass is 9.78. The molecule has 3 atom stereocenters. The van der Waals surface area contributed by atoms with Crippen molar-refractivity contribution in [2.75, 3.05) is 5.75 Å². The highest BCUT2D eigenvalue weighted by atomic mass is 32.2. The summed E-state index contributed by atoms with van der Waals surface area (Å²) in [5.74, 6) is 1.69. The number of aromatic nitrogens is 3. The van der Waals surface area contributed by atoms with Crippen LogP contribution in [0.2, 0.25) is 0 Å². The predicted molar refractivity (Wildman–Crippen MR) is 103 cm³/mol. The van der Waals surface area contributed by atoms with E-state index in [1.807, 2.05) is 16.5 Å². The Kier molecular flexibility index (Phi) is 4.69. The summed E-state index contributed by atoms with van der Waals surface area (Å²) >= 11 is 3.08. The van der Waals surface area contributed by atoms with Crippen molar-refractivity contribution in [1.29, 1.82) is 0 Å². The fraction of sp³-hybridized carbons (Fsp3) is 0.500. The van der Waals surface area contributed by atoms with Crippen molar-refractivity contribution in [3.05, 3.63) is 24.3 Å². The Hall–Kier alpha value is -1.60. The fourth-order valence-electron chi connectivity index (χ4n) is 3.61. The minimum Gasteiger partial charge on any atom is -0.352 e. The minimum absolute atomic E-state index is 0.0900. The molecule has 25 heavy (non-hydrogen) atoms. The highest BCUT2D eigenvalue weighted by molar-refractivity contribution is 7.99. The topological polar surface area (TPSA) is 59.3 Å². The molecule has 4 rings (SSSR count). The van der Waals surface area contributed by atoms with Crippen molar-refractivity contribution in [2.45, 2.75) is 44.3 Å². The van der Waals surface area contributed by atoms with E-state index in [1.165, 1.54) is 29.3 Å². The Morgan fingerprint density at radius 3 is 3.04 bits per heavy atom. The number of hydrogen-bond donors (Lipinski definition) is 1. The van der Waals surface area contributed by atoms with Gasteiger partial charge in [-0.15, -0.1) is 10.2 Å². The van der Waals surface area contributed by atoms with Crippen LogP contribution in [0.15, 0.2) is 29.4 Å². The molecule has 5 nitrogen and oxygen atoms in total.